The van der Waals surface area contributed by atoms with Crippen molar-refractivity contribution in [2.45, 2.75) is 38.1 Å². The summed E-state index contributed by atoms with van der Waals surface area (Å²) in [6.45, 7) is 2.23. The summed E-state index contributed by atoms with van der Waals surface area (Å²) in [6, 6.07) is 0. The van der Waals surface area contributed by atoms with Gasteiger partial charge in [-0.25, -0.2) is 0 Å². The second-order valence-electron chi connectivity index (χ2n) is 4.92. The van der Waals surface area contributed by atoms with Crippen LogP contribution < -0.4 is 5.32 Å². The van der Waals surface area contributed by atoms with Gasteiger partial charge >= 0.3 is 0 Å². The number of amides is 1. The molecule has 0 radical (unpaired) electrons. The minimum absolute atomic E-state index is 0.131. The maximum atomic E-state index is 12.0. The molecule has 1 aromatic heterocycles. The monoisotopic (exact) mass is 300 g/mol. The van der Waals surface area contributed by atoms with E-state index >= 15 is 0 Å². The number of aromatic nitrogens is 3. The molecule has 1 amide bonds. The molecule has 5 nitrogen and oxygen atoms in total. The first-order valence-electron chi connectivity index (χ1n) is 5.89. The summed E-state index contributed by atoms with van der Waals surface area (Å²) in [5.74, 6) is 0.506. The van der Waals surface area contributed by atoms with Gasteiger partial charge in [-0.2, -0.15) is 15.4 Å². The van der Waals surface area contributed by atoms with E-state index in [4.69, 9.17) is 0 Å². The summed E-state index contributed by atoms with van der Waals surface area (Å²) in [7, 11) is 0. The van der Waals surface area contributed by atoms with Gasteiger partial charge in [-0.1, -0.05) is 35.7 Å². The third-order valence-electron chi connectivity index (χ3n) is 3.37. The van der Waals surface area contributed by atoms with Crippen molar-refractivity contribution >= 4 is 21.8 Å². The molecule has 1 heterocycles. The van der Waals surface area contributed by atoms with Crippen molar-refractivity contribution in [3.63, 3.8) is 0 Å². The van der Waals surface area contributed by atoms with Crippen molar-refractivity contribution in [1.82, 2.24) is 20.7 Å². The molecule has 6 heteroatoms. The number of rotatable bonds is 3. The molecule has 1 aliphatic carbocycles. The zero-order valence-electron chi connectivity index (χ0n) is 9.87. The Morgan fingerprint density at radius 3 is 3.18 bits per heavy atom. The highest BCUT2D eigenvalue weighted by Gasteiger charge is 2.35. The van der Waals surface area contributed by atoms with Crippen LogP contribution in [0.1, 0.15) is 43.1 Å². The Labute approximate surface area is 109 Å². The molecule has 17 heavy (non-hydrogen) atoms. The predicted octanol–water partition coefficient (Wildman–Crippen LogP) is 1.88. The molecular weight excluding hydrogens is 284 g/mol. The van der Waals surface area contributed by atoms with Crippen LogP contribution in [0.5, 0.6) is 0 Å². The smallest absolute Gasteiger partial charge is 0.273 e. The minimum atomic E-state index is -0.146. The lowest BCUT2D eigenvalue weighted by Crippen LogP contribution is -2.52. The van der Waals surface area contributed by atoms with Gasteiger partial charge in [-0.15, -0.1) is 0 Å². The van der Waals surface area contributed by atoms with E-state index in [9.17, 15) is 4.79 Å². The topological polar surface area (TPSA) is 70.7 Å². The number of carbonyl (C=O) groups excluding carboxylic acids is 1. The largest absolute Gasteiger partial charge is 0.344 e. The molecule has 2 N–H and O–H groups in total. The van der Waals surface area contributed by atoms with E-state index in [0.717, 1.165) is 24.6 Å². The Morgan fingerprint density at radius 2 is 2.59 bits per heavy atom. The molecule has 2 unspecified atom stereocenters. The van der Waals surface area contributed by atoms with Crippen LogP contribution in [-0.4, -0.2) is 32.2 Å². The van der Waals surface area contributed by atoms with Gasteiger partial charge in [0.15, 0.2) is 5.69 Å². The molecule has 2 atom stereocenters. The van der Waals surface area contributed by atoms with Crippen LogP contribution in [-0.2, 0) is 0 Å². The van der Waals surface area contributed by atoms with Crippen LogP contribution >= 0.6 is 15.9 Å². The summed E-state index contributed by atoms with van der Waals surface area (Å²) in [5, 5.41) is 13.8. The number of alkyl halides is 1. The molecule has 0 aromatic carbocycles. The van der Waals surface area contributed by atoms with Crippen LogP contribution in [0.4, 0.5) is 0 Å². The van der Waals surface area contributed by atoms with Crippen LogP contribution in [0, 0.1) is 5.92 Å². The van der Waals surface area contributed by atoms with Gasteiger partial charge in [-0.3, -0.25) is 4.79 Å². The zero-order chi connectivity index (χ0) is 12.3. The highest BCUT2D eigenvalue weighted by Crippen LogP contribution is 2.33. The fourth-order valence-electron chi connectivity index (χ4n) is 2.54. The van der Waals surface area contributed by atoms with Crippen molar-refractivity contribution < 1.29 is 4.79 Å². The number of aromatic amines is 1. The van der Waals surface area contributed by atoms with Gasteiger partial charge in [-0.05, 0) is 18.8 Å². The Morgan fingerprint density at radius 1 is 1.76 bits per heavy atom. The summed E-state index contributed by atoms with van der Waals surface area (Å²) < 4.78 is 0. The summed E-state index contributed by atoms with van der Waals surface area (Å²) in [5.41, 5.74) is 0.219. The third kappa shape index (κ3) is 2.86. The van der Waals surface area contributed by atoms with Crippen molar-refractivity contribution in [3.05, 3.63) is 11.9 Å². The molecule has 0 aliphatic heterocycles. The highest BCUT2D eigenvalue weighted by molar-refractivity contribution is 9.09. The molecule has 1 aromatic rings. The average Bonchev–Trinajstić information content (AvgIpc) is 2.82. The van der Waals surface area contributed by atoms with Crippen LogP contribution in [0.3, 0.4) is 0 Å². The summed E-state index contributed by atoms with van der Waals surface area (Å²) >= 11 is 3.53. The number of H-pyrrole nitrogens is 1. The molecule has 94 valence electrons. The van der Waals surface area contributed by atoms with Crippen LogP contribution in [0.15, 0.2) is 6.20 Å². The highest BCUT2D eigenvalue weighted by atomic mass is 79.9. The first kappa shape index (κ1) is 12.5. The SMILES string of the molecule is CC1CCCC(CBr)(NC(=O)c2cn[nH]n2)C1. The van der Waals surface area contributed by atoms with E-state index in [1.54, 1.807) is 0 Å². The average molecular weight is 301 g/mol. The number of halogens is 1. The standard InChI is InChI=1S/C11H17BrN4O/c1-8-3-2-4-11(5-8,7-12)14-10(17)9-6-13-16-15-9/h6,8H,2-5,7H2,1H3,(H,14,17)(H,13,15,16). The number of nitrogens with zero attached hydrogens (tertiary/aromatic N) is 2. The lowest BCUT2D eigenvalue weighted by atomic mass is 9.77. The Kier molecular flexibility index (Phi) is 3.81. The van der Waals surface area contributed by atoms with Gasteiger partial charge in [0.25, 0.3) is 5.91 Å². The van der Waals surface area contributed by atoms with Crippen molar-refractivity contribution in [2.24, 2.45) is 5.92 Å². The van der Waals surface area contributed by atoms with Crippen molar-refractivity contribution in [1.29, 1.82) is 0 Å². The fraction of sp³-hybridized carbons (Fsp3) is 0.727. The minimum Gasteiger partial charge on any atom is -0.344 e. The zero-order valence-corrected chi connectivity index (χ0v) is 11.5. The Balaban J connectivity index is 2.06. The number of nitrogens with one attached hydrogen (secondary N) is 2. The first-order valence-corrected chi connectivity index (χ1v) is 7.02. The molecule has 2 rings (SSSR count). The maximum Gasteiger partial charge on any atom is 0.273 e. The lowest BCUT2D eigenvalue weighted by Gasteiger charge is -2.39. The molecule has 0 spiro atoms. The van der Waals surface area contributed by atoms with Crippen molar-refractivity contribution in [2.75, 3.05) is 5.33 Å². The molecule has 0 bridgehead atoms. The predicted molar refractivity (Wildman–Crippen MR) is 68.0 cm³/mol. The van der Waals surface area contributed by atoms with E-state index in [1.807, 2.05) is 0 Å². The van der Waals surface area contributed by atoms with E-state index < -0.39 is 0 Å². The molecule has 1 aliphatic rings. The maximum absolute atomic E-state index is 12.0. The van der Waals surface area contributed by atoms with Crippen LogP contribution in [0.2, 0.25) is 0 Å². The summed E-state index contributed by atoms with van der Waals surface area (Å²) in [4.78, 5) is 12.0. The summed E-state index contributed by atoms with van der Waals surface area (Å²) in [6.07, 6.45) is 5.89. The number of hydrogen-bond donors (Lipinski definition) is 2. The fourth-order valence-corrected chi connectivity index (χ4v) is 3.19. The van der Waals surface area contributed by atoms with Crippen LogP contribution in [0.25, 0.3) is 0 Å². The van der Waals surface area contributed by atoms with Gasteiger partial charge in [0.1, 0.15) is 0 Å². The molecule has 1 fully saturated rings. The first-order chi connectivity index (χ1) is 8.15. The van der Waals surface area contributed by atoms with Crippen molar-refractivity contribution in [3.8, 4) is 0 Å². The third-order valence-corrected chi connectivity index (χ3v) is 4.45. The Bertz CT molecular complexity index is 381. The van der Waals surface area contributed by atoms with Gasteiger partial charge in [0.2, 0.25) is 0 Å². The van der Waals surface area contributed by atoms with E-state index in [1.165, 1.54) is 12.6 Å². The quantitative estimate of drug-likeness (QED) is 0.837. The van der Waals surface area contributed by atoms with E-state index in [2.05, 4.69) is 43.6 Å². The Hall–Kier alpha value is -0.910. The van der Waals surface area contributed by atoms with E-state index in [0.29, 0.717) is 11.6 Å². The second kappa shape index (κ2) is 5.16. The normalized spacial score (nSPS) is 28.9. The molecule has 0 saturated heterocycles. The number of carbonyl (C=O) groups is 1. The molecule has 1 saturated carbocycles. The van der Waals surface area contributed by atoms with Gasteiger partial charge in [0.05, 0.1) is 11.7 Å². The van der Waals surface area contributed by atoms with E-state index in [-0.39, 0.29) is 11.4 Å². The second-order valence-corrected chi connectivity index (χ2v) is 5.49. The van der Waals surface area contributed by atoms with Gasteiger partial charge < -0.3 is 5.32 Å². The lowest BCUT2D eigenvalue weighted by molar-refractivity contribution is 0.0864. The number of hydrogen-bond acceptors (Lipinski definition) is 3. The van der Waals surface area contributed by atoms with Gasteiger partial charge in [0, 0.05) is 5.33 Å². The molecular formula is C11H17BrN4O.